The van der Waals surface area contributed by atoms with Crippen molar-refractivity contribution in [3.8, 4) is 0 Å². The van der Waals surface area contributed by atoms with Gasteiger partial charge in [-0.15, -0.1) is 11.6 Å². The van der Waals surface area contributed by atoms with Gasteiger partial charge in [0, 0.05) is 18.6 Å². The van der Waals surface area contributed by atoms with E-state index in [1.807, 2.05) is 0 Å². The highest BCUT2D eigenvalue weighted by Gasteiger charge is 2.20. The van der Waals surface area contributed by atoms with E-state index >= 15 is 0 Å². The van der Waals surface area contributed by atoms with E-state index in [9.17, 15) is 9.59 Å². The van der Waals surface area contributed by atoms with Crippen LogP contribution in [0.4, 0.5) is 10.6 Å². The normalized spacial score (nSPS) is 9.81. The summed E-state index contributed by atoms with van der Waals surface area (Å²) in [5, 5.41) is 8.87. The highest BCUT2D eigenvalue weighted by molar-refractivity contribution is 6.18. The molecule has 0 unspecified atom stereocenters. The number of urea groups is 1. The van der Waals surface area contributed by atoms with Crippen LogP contribution in [0.3, 0.4) is 0 Å². The first kappa shape index (κ1) is 12.2. The Morgan fingerprint density at radius 3 is 2.75 bits per heavy atom. The van der Waals surface area contributed by atoms with Gasteiger partial charge in [0.05, 0.1) is 0 Å². The third-order valence-corrected chi connectivity index (χ3v) is 1.92. The molecule has 1 heterocycles. The smallest absolute Gasteiger partial charge is 0.341 e. The van der Waals surface area contributed by atoms with Crippen molar-refractivity contribution in [1.29, 1.82) is 0 Å². The summed E-state index contributed by atoms with van der Waals surface area (Å²) in [6, 6.07) is -0.818. The molecule has 0 saturated carbocycles. The SMILES string of the molecule is NC(=O)N(CCCl)c1ncncc1C(=O)O. The average molecular weight is 245 g/mol. The number of carboxylic acids is 1. The van der Waals surface area contributed by atoms with E-state index in [4.69, 9.17) is 22.4 Å². The number of carbonyl (C=O) groups excluding carboxylic acids is 1. The summed E-state index contributed by atoms with van der Waals surface area (Å²) in [7, 11) is 0. The van der Waals surface area contributed by atoms with E-state index in [-0.39, 0.29) is 23.8 Å². The zero-order valence-electron chi connectivity index (χ0n) is 8.13. The Labute approximate surface area is 95.9 Å². The van der Waals surface area contributed by atoms with Crippen LogP contribution in [0.5, 0.6) is 0 Å². The fourth-order valence-corrected chi connectivity index (χ4v) is 1.26. The predicted octanol–water partition coefficient (Wildman–Crippen LogP) is 0.299. The number of aromatic carboxylic acids is 1. The lowest BCUT2D eigenvalue weighted by Crippen LogP contribution is -2.38. The molecule has 16 heavy (non-hydrogen) atoms. The number of aromatic nitrogens is 2. The molecule has 86 valence electrons. The molecule has 8 heteroatoms. The van der Waals surface area contributed by atoms with Gasteiger partial charge < -0.3 is 10.8 Å². The molecular weight excluding hydrogens is 236 g/mol. The number of carboxylic acid groups (broad SMARTS) is 1. The van der Waals surface area contributed by atoms with Gasteiger partial charge in [0.1, 0.15) is 11.9 Å². The van der Waals surface area contributed by atoms with Gasteiger partial charge in [-0.05, 0) is 0 Å². The molecule has 0 bridgehead atoms. The lowest BCUT2D eigenvalue weighted by molar-refractivity contribution is 0.0697. The minimum Gasteiger partial charge on any atom is -0.477 e. The van der Waals surface area contributed by atoms with Crippen LogP contribution in [0, 0.1) is 0 Å². The van der Waals surface area contributed by atoms with Crippen molar-refractivity contribution < 1.29 is 14.7 Å². The summed E-state index contributed by atoms with van der Waals surface area (Å²) in [5.41, 5.74) is 4.90. The Hall–Kier alpha value is -1.89. The number of rotatable bonds is 4. The molecule has 0 aromatic carbocycles. The maximum absolute atomic E-state index is 11.1. The lowest BCUT2D eigenvalue weighted by Gasteiger charge is -2.18. The molecule has 0 saturated heterocycles. The van der Waals surface area contributed by atoms with Crippen molar-refractivity contribution in [3.63, 3.8) is 0 Å². The topological polar surface area (TPSA) is 109 Å². The van der Waals surface area contributed by atoms with Crippen LogP contribution in [0.1, 0.15) is 10.4 Å². The molecule has 1 aromatic heterocycles. The van der Waals surface area contributed by atoms with E-state index in [1.54, 1.807) is 0 Å². The zero-order valence-corrected chi connectivity index (χ0v) is 8.89. The van der Waals surface area contributed by atoms with E-state index in [0.717, 1.165) is 17.4 Å². The van der Waals surface area contributed by atoms with Crippen molar-refractivity contribution >= 4 is 29.4 Å². The van der Waals surface area contributed by atoms with E-state index < -0.39 is 12.0 Å². The van der Waals surface area contributed by atoms with Gasteiger partial charge in [-0.2, -0.15) is 0 Å². The Morgan fingerprint density at radius 1 is 1.56 bits per heavy atom. The molecule has 0 spiro atoms. The first-order chi connectivity index (χ1) is 7.57. The van der Waals surface area contributed by atoms with Gasteiger partial charge in [-0.1, -0.05) is 0 Å². The molecule has 0 aliphatic rings. The quantitative estimate of drug-likeness (QED) is 0.740. The van der Waals surface area contributed by atoms with Crippen LogP contribution < -0.4 is 10.6 Å². The number of halogens is 1. The van der Waals surface area contributed by atoms with Gasteiger partial charge >= 0.3 is 12.0 Å². The Bertz CT molecular complexity index is 412. The maximum atomic E-state index is 11.1. The van der Waals surface area contributed by atoms with Crippen LogP contribution in [0.25, 0.3) is 0 Å². The molecule has 3 N–H and O–H groups in total. The van der Waals surface area contributed by atoms with Gasteiger partial charge in [-0.3, -0.25) is 4.90 Å². The van der Waals surface area contributed by atoms with Gasteiger partial charge in [-0.25, -0.2) is 19.6 Å². The van der Waals surface area contributed by atoms with E-state index in [0.29, 0.717) is 0 Å². The van der Waals surface area contributed by atoms with E-state index in [2.05, 4.69) is 9.97 Å². The maximum Gasteiger partial charge on any atom is 0.341 e. The monoisotopic (exact) mass is 244 g/mol. The fraction of sp³-hybridized carbons (Fsp3) is 0.250. The van der Waals surface area contributed by atoms with Crippen LogP contribution in [0.15, 0.2) is 12.5 Å². The summed E-state index contributed by atoms with van der Waals surface area (Å²) in [4.78, 5) is 30.2. The molecule has 0 radical (unpaired) electrons. The number of nitrogens with zero attached hydrogens (tertiary/aromatic N) is 3. The van der Waals surface area contributed by atoms with Crippen molar-refractivity contribution in [1.82, 2.24) is 9.97 Å². The number of nitrogens with two attached hydrogens (primary N) is 1. The summed E-state index contributed by atoms with van der Waals surface area (Å²) in [5.74, 6) is -1.18. The number of anilines is 1. The first-order valence-corrected chi connectivity index (χ1v) is 4.77. The van der Waals surface area contributed by atoms with Crippen molar-refractivity contribution in [2.45, 2.75) is 0 Å². The number of hydrogen-bond donors (Lipinski definition) is 2. The standard InChI is InChI=1S/C8H9ClN4O3/c9-1-2-13(8(10)16)6-5(7(14)15)3-11-4-12-6/h3-4H,1-2H2,(H2,10,16)(H,14,15). The second-order valence-corrected chi connectivity index (χ2v) is 3.12. The molecule has 0 aliphatic carbocycles. The van der Waals surface area contributed by atoms with Crippen LogP contribution >= 0.6 is 11.6 Å². The van der Waals surface area contributed by atoms with Crippen molar-refractivity contribution in [2.24, 2.45) is 5.73 Å². The second kappa shape index (κ2) is 5.26. The summed E-state index contributed by atoms with van der Waals surface area (Å²) in [6.45, 7) is 0.0776. The largest absolute Gasteiger partial charge is 0.477 e. The number of amides is 2. The minimum atomic E-state index is -1.24. The molecule has 0 aliphatic heterocycles. The molecule has 1 rings (SSSR count). The van der Waals surface area contributed by atoms with Gasteiger partial charge in [0.25, 0.3) is 0 Å². The Kier molecular flexibility index (Phi) is 4.01. The van der Waals surface area contributed by atoms with Crippen molar-refractivity contribution in [2.75, 3.05) is 17.3 Å². The van der Waals surface area contributed by atoms with Crippen LogP contribution in [-0.4, -0.2) is 39.5 Å². The number of primary amides is 1. The zero-order chi connectivity index (χ0) is 12.1. The second-order valence-electron chi connectivity index (χ2n) is 2.74. The highest BCUT2D eigenvalue weighted by atomic mass is 35.5. The first-order valence-electron chi connectivity index (χ1n) is 4.24. The van der Waals surface area contributed by atoms with Crippen molar-refractivity contribution in [3.05, 3.63) is 18.1 Å². The van der Waals surface area contributed by atoms with Crippen LogP contribution in [-0.2, 0) is 0 Å². The van der Waals surface area contributed by atoms with Crippen LogP contribution in [0.2, 0.25) is 0 Å². The Balaban J connectivity index is 3.17. The average Bonchev–Trinajstić information content (AvgIpc) is 2.25. The van der Waals surface area contributed by atoms with Gasteiger partial charge in [0.2, 0.25) is 0 Å². The predicted molar refractivity (Wildman–Crippen MR) is 56.6 cm³/mol. The Morgan fingerprint density at radius 2 is 2.25 bits per heavy atom. The van der Waals surface area contributed by atoms with Gasteiger partial charge in [0.15, 0.2) is 5.82 Å². The van der Waals surface area contributed by atoms with E-state index in [1.165, 1.54) is 0 Å². The number of hydrogen-bond acceptors (Lipinski definition) is 4. The minimum absolute atomic E-state index is 0.0596. The fourth-order valence-electron chi connectivity index (χ4n) is 1.09. The third kappa shape index (κ3) is 2.57. The molecule has 0 atom stereocenters. The number of carbonyl (C=O) groups is 2. The lowest BCUT2D eigenvalue weighted by atomic mass is 10.3. The molecule has 0 fully saturated rings. The molecule has 1 aromatic rings. The third-order valence-electron chi connectivity index (χ3n) is 1.75. The summed E-state index contributed by atoms with van der Waals surface area (Å²) in [6.07, 6.45) is 2.22. The molecule has 7 nitrogen and oxygen atoms in total. The number of alkyl halides is 1. The molecule has 2 amide bonds. The summed E-state index contributed by atoms with van der Waals surface area (Å²) < 4.78 is 0. The molecular formula is C8H9ClN4O3. The summed E-state index contributed by atoms with van der Waals surface area (Å²) >= 11 is 5.48. The highest BCUT2D eigenvalue weighted by Crippen LogP contribution is 2.15.